The van der Waals surface area contributed by atoms with Gasteiger partial charge >= 0.3 is 0 Å². The predicted molar refractivity (Wildman–Crippen MR) is 107 cm³/mol. The van der Waals surface area contributed by atoms with E-state index in [9.17, 15) is 22.8 Å². The van der Waals surface area contributed by atoms with Crippen LogP contribution in [0.1, 0.15) is 16.8 Å². The zero-order valence-corrected chi connectivity index (χ0v) is 16.6. The summed E-state index contributed by atoms with van der Waals surface area (Å²) in [7, 11) is -2.53. The molecule has 0 aliphatic rings. The van der Waals surface area contributed by atoms with E-state index in [1.54, 1.807) is 30.3 Å². The van der Waals surface area contributed by atoms with Gasteiger partial charge in [-0.25, -0.2) is 8.42 Å². The SMILES string of the molecule is CN(CC(=O)Nc1ccccc1C(=O)NCCC(N)=O)S(=O)(=O)c1ccccc1. The summed E-state index contributed by atoms with van der Waals surface area (Å²) in [4.78, 5) is 35.5. The summed E-state index contributed by atoms with van der Waals surface area (Å²) in [5.74, 6) is -1.65. The normalized spacial score (nSPS) is 11.1. The third kappa shape index (κ3) is 6.13. The highest BCUT2D eigenvalue weighted by molar-refractivity contribution is 7.89. The fraction of sp³-hybridized carbons (Fsp3) is 0.211. The maximum Gasteiger partial charge on any atom is 0.253 e. The number of likely N-dealkylation sites (N-methyl/N-ethyl adjacent to an activating group) is 1. The molecule has 9 nitrogen and oxygen atoms in total. The number of primary amides is 1. The number of nitrogens with zero attached hydrogens (tertiary/aromatic N) is 1. The van der Waals surface area contributed by atoms with E-state index in [0.717, 1.165) is 4.31 Å². The molecule has 0 saturated heterocycles. The van der Waals surface area contributed by atoms with Crippen LogP contribution < -0.4 is 16.4 Å². The van der Waals surface area contributed by atoms with Crippen LogP contribution in [0, 0.1) is 0 Å². The van der Waals surface area contributed by atoms with Crippen LogP contribution in [-0.4, -0.2) is 50.6 Å². The molecule has 0 spiro atoms. The van der Waals surface area contributed by atoms with Crippen LogP contribution in [0.15, 0.2) is 59.5 Å². The lowest BCUT2D eigenvalue weighted by Crippen LogP contribution is -2.35. The Hall–Kier alpha value is -3.24. The van der Waals surface area contributed by atoms with Crippen molar-refractivity contribution in [3.63, 3.8) is 0 Å². The predicted octanol–water partition coefficient (Wildman–Crippen LogP) is 0.551. The molecular formula is C19H22N4O5S. The number of benzene rings is 2. The molecule has 0 radical (unpaired) electrons. The molecular weight excluding hydrogens is 396 g/mol. The molecule has 0 aliphatic heterocycles. The van der Waals surface area contributed by atoms with Gasteiger partial charge in [-0.1, -0.05) is 30.3 Å². The molecule has 0 aromatic heterocycles. The van der Waals surface area contributed by atoms with E-state index in [1.165, 1.54) is 31.3 Å². The van der Waals surface area contributed by atoms with Gasteiger partial charge in [0.1, 0.15) is 0 Å². The van der Waals surface area contributed by atoms with Gasteiger partial charge in [0.2, 0.25) is 21.8 Å². The van der Waals surface area contributed by atoms with E-state index in [-0.39, 0.29) is 29.1 Å². The minimum atomic E-state index is -3.82. The number of nitrogens with two attached hydrogens (primary N) is 1. The van der Waals surface area contributed by atoms with Gasteiger partial charge in [0.25, 0.3) is 5.91 Å². The molecule has 154 valence electrons. The van der Waals surface area contributed by atoms with Crippen molar-refractivity contribution in [1.82, 2.24) is 9.62 Å². The lowest BCUT2D eigenvalue weighted by atomic mass is 10.1. The number of rotatable bonds is 9. The van der Waals surface area contributed by atoms with Crippen molar-refractivity contribution in [3.05, 3.63) is 60.2 Å². The Balaban J connectivity index is 2.05. The van der Waals surface area contributed by atoms with Crippen molar-refractivity contribution in [2.24, 2.45) is 5.73 Å². The second kappa shape index (κ2) is 9.80. The van der Waals surface area contributed by atoms with Crippen LogP contribution in [0.25, 0.3) is 0 Å². The van der Waals surface area contributed by atoms with Gasteiger partial charge in [0.15, 0.2) is 0 Å². The van der Waals surface area contributed by atoms with Crippen molar-refractivity contribution >= 4 is 33.4 Å². The summed E-state index contributed by atoms with van der Waals surface area (Å²) in [6, 6.07) is 14.0. The van der Waals surface area contributed by atoms with Gasteiger partial charge in [-0.3, -0.25) is 14.4 Å². The molecule has 0 unspecified atom stereocenters. The fourth-order valence-electron chi connectivity index (χ4n) is 2.43. The molecule has 0 bridgehead atoms. The van der Waals surface area contributed by atoms with Crippen molar-refractivity contribution in [2.75, 3.05) is 25.5 Å². The highest BCUT2D eigenvalue weighted by Crippen LogP contribution is 2.16. The molecule has 0 saturated carbocycles. The number of hydrogen-bond acceptors (Lipinski definition) is 5. The average molecular weight is 418 g/mol. The van der Waals surface area contributed by atoms with Crippen LogP contribution in [0.4, 0.5) is 5.69 Å². The van der Waals surface area contributed by atoms with E-state index in [0.29, 0.717) is 0 Å². The fourth-order valence-corrected chi connectivity index (χ4v) is 3.58. The van der Waals surface area contributed by atoms with Gasteiger partial charge in [0, 0.05) is 20.0 Å². The molecule has 2 aromatic carbocycles. The van der Waals surface area contributed by atoms with E-state index >= 15 is 0 Å². The Morgan fingerprint density at radius 2 is 1.62 bits per heavy atom. The third-order valence-corrected chi connectivity index (χ3v) is 5.74. The monoisotopic (exact) mass is 418 g/mol. The lowest BCUT2D eigenvalue weighted by Gasteiger charge is -2.17. The first-order valence-corrected chi connectivity index (χ1v) is 10.1. The number of sulfonamides is 1. The van der Waals surface area contributed by atoms with Crippen molar-refractivity contribution in [1.29, 1.82) is 0 Å². The first-order chi connectivity index (χ1) is 13.7. The number of hydrogen-bond donors (Lipinski definition) is 3. The summed E-state index contributed by atoms with van der Waals surface area (Å²) < 4.78 is 25.9. The second-order valence-electron chi connectivity index (χ2n) is 6.14. The molecule has 2 rings (SSSR count). The van der Waals surface area contributed by atoms with E-state index < -0.39 is 34.3 Å². The zero-order chi connectivity index (χ0) is 21.4. The quantitative estimate of drug-likeness (QED) is 0.546. The first-order valence-electron chi connectivity index (χ1n) is 8.68. The van der Waals surface area contributed by atoms with Crippen LogP contribution >= 0.6 is 0 Å². The summed E-state index contributed by atoms with van der Waals surface area (Å²) in [5.41, 5.74) is 5.44. The minimum Gasteiger partial charge on any atom is -0.370 e. The second-order valence-corrected chi connectivity index (χ2v) is 8.18. The Kier molecular flexibility index (Phi) is 7.46. The maximum atomic E-state index is 12.5. The van der Waals surface area contributed by atoms with Gasteiger partial charge in [0.05, 0.1) is 22.7 Å². The van der Waals surface area contributed by atoms with Crippen LogP contribution in [0.3, 0.4) is 0 Å². The Bertz CT molecular complexity index is 993. The summed E-state index contributed by atoms with van der Waals surface area (Å²) >= 11 is 0. The molecule has 29 heavy (non-hydrogen) atoms. The van der Waals surface area contributed by atoms with Crippen molar-refractivity contribution in [2.45, 2.75) is 11.3 Å². The smallest absolute Gasteiger partial charge is 0.253 e. The number of nitrogens with one attached hydrogen (secondary N) is 2. The first kappa shape index (κ1) is 22.1. The van der Waals surface area contributed by atoms with E-state index in [2.05, 4.69) is 10.6 Å². The highest BCUT2D eigenvalue weighted by Gasteiger charge is 2.23. The lowest BCUT2D eigenvalue weighted by molar-refractivity contribution is -0.118. The van der Waals surface area contributed by atoms with Crippen molar-refractivity contribution in [3.8, 4) is 0 Å². The third-order valence-electron chi connectivity index (χ3n) is 3.92. The molecule has 0 heterocycles. The van der Waals surface area contributed by atoms with Gasteiger partial charge < -0.3 is 16.4 Å². The number of amides is 3. The minimum absolute atomic E-state index is 0.0115. The number of carbonyl (C=O) groups is 3. The summed E-state index contributed by atoms with van der Waals surface area (Å²) in [5, 5.41) is 5.08. The average Bonchev–Trinajstić information content (AvgIpc) is 2.68. The van der Waals surface area contributed by atoms with Crippen molar-refractivity contribution < 1.29 is 22.8 Å². The van der Waals surface area contributed by atoms with Gasteiger partial charge in [-0.05, 0) is 24.3 Å². The summed E-state index contributed by atoms with van der Waals surface area (Å²) in [6.07, 6.45) is -0.0115. The molecule has 0 aliphatic carbocycles. The van der Waals surface area contributed by atoms with E-state index in [1.807, 2.05) is 0 Å². The molecule has 4 N–H and O–H groups in total. The molecule has 10 heteroatoms. The van der Waals surface area contributed by atoms with Gasteiger partial charge in [-0.15, -0.1) is 0 Å². The largest absolute Gasteiger partial charge is 0.370 e. The molecule has 2 aromatic rings. The maximum absolute atomic E-state index is 12.5. The molecule has 0 atom stereocenters. The van der Waals surface area contributed by atoms with Crippen LogP contribution in [0.5, 0.6) is 0 Å². The Morgan fingerprint density at radius 1 is 1.00 bits per heavy atom. The molecule has 3 amide bonds. The highest BCUT2D eigenvalue weighted by atomic mass is 32.2. The van der Waals surface area contributed by atoms with Crippen LogP contribution in [0.2, 0.25) is 0 Å². The van der Waals surface area contributed by atoms with E-state index in [4.69, 9.17) is 5.73 Å². The number of carbonyl (C=O) groups excluding carboxylic acids is 3. The Morgan fingerprint density at radius 3 is 2.28 bits per heavy atom. The number of anilines is 1. The number of para-hydroxylation sites is 1. The standard InChI is InChI=1S/C19H22N4O5S/c1-23(29(27,28)14-7-3-2-4-8-14)13-18(25)22-16-10-6-5-9-15(16)19(26)21-12-11-17(20)24/h2-10H,11-13H2,1H3,(H2,20,24)(H,21,26)(H,22,25). The van der Waals surface area contributed by atoms with Gasteiger partial charge in [-0.2, -0.15) is 4.31 Å². The van der Waals surface area contributed by atoms with Crippen LogP contribution in [-0.2, 0) is 19.6 Å². The molecule has 0 fully saturated rings. The zero-order valence-electron chi connectivity index (χ0n) is 15.8. The Labute approximate surface area is 168 Å². The summed E-state index contributed by atoms with van der Waals surface area (Å²) in [6.45, 7) is -0.372. The topological polar surface area (TPSA) is 139 Å².